The first-order chi connectivity index (χ1) is 16.1. The molecule has 174 valence electrons. The van der Waals surface area contributed by atoms with Gasteiger partial charge in [0.2, 0.25) is 0 Å². The summed E-state index contributed by atoms with van der Waals surface area (Å²) in [5, 5.41) is 4.72. The van der Waals surface area contributed by atoms with Gasteiger partial charge in [0.25, 0.3) is 0 Å². The van der Waals surface area contributed by atoms with Crippen LogP contribution in [0.4, 0.5) is 15.9 Å². The summed E-state index contributed by atoms with van der Waals surface area (Å²) < 4.78 is 20.0. The minimum atomic E-state index is -0.743. The summed E-state index contributed by atoms with van der Waals surface area (Å²) in [7, 11) is 0. The number of nitrogens with zero attached hydrogens (tertiary/aromatic N) is 4. The topological polar surface area (TPSA) is 53.5 Å². The number of rotatable bonds is 5. The van der Waals surface area contributed by atoms with Crippen LogP contribution in [0, 0.1) is 0 Å². The Balaban J connectivity index is 1.16. The second-order valence-electron chi connectivity index (χ2n) is 9.57. The van der Waals surface area contributed by atoms with Crippen LogP contribution in [-0.4, -0.2) is 67.1 Å². The largest absolute Gasteiger partial charge is 0.378 e. The van der Waals surface area contributed by atoms with E-state index in [2.05, 4.69) is 46.4 Å². The zero-order valence-electron chi connectivity index (χ0n) is 18.9. The molecule has 3 fully saturated rings. The molecule has 6 rings (SSSR count). The van der Waals surface area contributed by atoms with Gasteiger partial charge in [0.05, 0.1) is 36.0 Å². The maximum absolute atomic E-state index is 13.5. The summed E-state index contributed by atoms with van der Waals surface area (Å²) in [5.74, 6) is 0.846. The summed E-state index contributed by atoms with van der Waals surface area (Å²) >= 11 is 1.71. The fraction of sp³-hybridized carbons (Fsp3) is 0.520. The van der Waals surface area contributed by atoms with Crippen LogP contribution < -0.4 is 15.1 Å². The zero-order chi connectivity index (χ0) is 22.4. The number of anilines is 2. The van der Waals surface area contributed by atoms with Gasteiger partial charge in [-0.15, -0.1) is 11.3 Å². The Morgan fingerprint density at radius 3 is 2.73 bits per heavy atom. The molecule has 0 bridgehead atoms. The van der Waals surface area contributed by atoms with Crippen molar-refractivity contribution in [1.29, 1.82) is 0 Å². The van der Waals surface area contributed by atoms with Crippen molar-refractivity contribution >= 4 is 33.1 Å². The highest BCUT2D eigenvalue weighted by molar-refractivity contribution is 7.21. The van der Waals surface area contributed by atoms with E-state index in [1.807, 2.05) is 17.2 Å². The van der Waals surface area contributed by atoms with Crippen molar-refractivity contribution in [3.8, 4) is 10.6 Å². The highest BCUT2D eigenvalue weighted by Gasteiger charge is 2.29. The molecule has 8 heteroatoms. The summed E-state index contributed by atoms with van der Waals surface area (Å²) in [6.45, 7) is 6.27. The Hall–Kier alpha value is -2.29. The maximum Gasteiger partial charge on any atom is 0.128 e. The van der Waals surface area contributed by atoms with Crippen LogP contribution in [0.15, 0.2) is 36.5 Å². The fourth-order valence-electron chi connectivity index (χ4n) is 5.21. The Bertz CT molecular complexity index is 1120. The third-order valence-electron chi connectivity index (χ3n) is 7.14. The van der Waals surface area contributed by atoms with Gasteiger partial charge in [0.15, 0.2) is 0 Å². The quantitative estimate of drug-likeness (QED) is 0.605. The average Bonchev–Trinajstić information content (AvgIpc) is 3.42. The average molecular weight is 468 g/mol. The van der Waals surface area contributed by atoms with Crippen molar-refractivity contribution in [1.82, 2.24) is 15.3 Å². The van der Waals surface area contributed by atoms with E-state index in [0.29, 0.717) is 31.1 Å². The van der Waals surface area contributed by atoms with Gasteiger partial charge >= 0.3 is 0 Å². The predicted molar refractivity (Wildman–Crippen MR) is 132 cm³/mol. The Labute approximate surface area is 197 Å². The highest BCUT2D eigenvalue weighted by Crippen LogP contribution is 2.35. The number of nitrogens with one attached hydrogen (secondary N) is 1. The number of aromatic nitrogens is 2. The molecule has 3 aromatic rings. The summed E-state index contributed by atoms with van der Waals surface area (Å²) in [5.41, 5.74) is 3.31. The van der Waals surface area contributed by atoms with Gasteiger partial charge in [-0.05, 0) is 56.5 Å². The molecular weight excluding hydrogens is 437 g/mol. The lowest BCUT2D eigenvalue weighted by atomic mass is 9.96. The van der Waals surface area contributed by atoms with Gasteiger partial charge in [-0.1, -0.05) is 0 Å². The van der Waals surface area contributed by atoms with Crippen LogP contribution in [0.3, 0.4) is 0 Å². The van der Waals surface area contributed by atoms with Gasteiger partial charge in [-0.3, -0.25) is 0 Å². The number of hydrogen-bond donors (Lipinski definition) is 1. The van der Waals surface area contributed by atoms with Gasteiger partial charge in [-0.2, -0.15) is 0 Å². The molecule has 1 N–H and O–H groups in total. The van der Waals surface area contributed by atoms with E-state index in [-0.39, 0.29) is 0 Å². The minimum Gasteiger partial charge on any atom is -0.378 e. The lowest BCUT2D eigenvalue weighted by Crippen LogP contribution is -2.55. The van der Waals surface area contributed by atoms with E-state index in [1.54, 1.807) is 11.3 Å². The summed E-state index contributed by atoms with van der Waals surface area (Å²) in [4.78, 5) is 14.0. The molecule has 0 spiro atoms. The summed E-state index contributed by atoms with van der Waals surface area (Å²) in [6.07, 6.45) is 4.02. The number of hydrogen-bond acceptors (Lipinski definition) is 7. The predicted octanol–water partition coefficient (Wildman–Crippen LogP) is 4.25. The van der Waals surface area contributed by atoms with E-state index in [1.165, 1.54) is 10.4 Å². The molecular formula is C25H30FN5OS. The smallest absolute Gasteiger partial charge is 0.128 e. The van der Waals surface area contributed by atoms with Crippen LogP contribution in [-0.2, 0) is 4.74 Å². The Morgan fingerprint density at radius 2 is 2.03 bits per heavy atom. The molecule has 0 saturated carbocycles. The van der Waals surface area contributed by atoms with E-state index < -0.39 is 6.17 Å². The molecule has 1 aromatic carbocycles. The number of piperidine rings is 1. The SMILES string of the molecule is C[C@@H]1C[C@H](NC2COC2)CCN1c1ccc2nc(-c3ccc(N4CC[C@@H](F)C4)nc3)sc2c1. The van der Waals surface area contributed by atoms with Crippen LogP contribution in [0.1, 0.15) is 26.2 Å². The maximum atomic E-state index is 13.5. The number of fused-ring (bicyclic) bond motifs is 1. The van der Waals surface area contributed by atoms with Crippen LogP contribution >= 0.6 is 11.3 Å². The molecule has 0 unspecified atom stereocenters. The third kappa shape index (κ3) is 4.32. The van der Waals surface area contributed by atoms with E-state index in [0.717, 1.165) is 61.1 Å². The van der Waals surface area contributed by atoms with Crippen LogP contribution in [0.5, 0.6) is 0 Å². The molecule has 0 amide bonds. The number of alkyl halides is 1. The number of halogens is 1. The van der Waals surface area contributed by atoms with Crippen LogP contribution in [0.2, 0.25) is 0 Å². The molecule has 3 atom stereocenters. The van der Waals surface area contributed by atoms with Gasteiger partial charge in [0, 0.05) is 42.6 Å². The first-order valence-electron chi connectivity index (χ1n) is 12.0. The lowest BCUT2D eigenvalue weighted by molar-refractivity contribution is -0.0117. The van der Waals surface area contributed by atoms with Crippen molar-refractivity contribution in [2.45, 2.75) is 50.5 Å². The van der Waals surface area contributed by atoms with Gasteiger partial charge in [0.1, 0.15) is 17.0 Å². The van der Waals surface area contributed by atoms with Crippen molar-refractivity contribution in [3.05, 3.63) is 36.5 Å². The number of thiazole rings is 1. The van der Waals surface area contributed by atoms with Crippen molar-refractivity contribution in [2.75, 3.05) is 42.6 Å². The minimum absolute atomic E-state index is 0.441. The van der Waals surface area contributed by atoms with Gasteiger partial charge < -0.3 is 19.9 Å². The molecule has 0 aliphatic carbocycles. The number of benzene rings is 1. The fourth-order valence-corrected chi connectivity index (χ4v) is 6.20. The van der Waals surface area contributed by atoms with Crippen molar-refractivity contribution < 1.29 is 9.13 Å². The first kappa shape index (κ1) is 21.3. The standard InChI is InChI=1S/C25H30FN5OS/c1-16-10-19(28-20-14-32-15-20)7-9-31(16)21-3-4-22-23(11-21)33-25(29-22)17-2-5-24(27-12-17)30-8-6-18(26)13-30/h2-5,11-12,16,18-20,28H,6-10,13-15H2,1H3/t16-,18-,19-/m1/s1. The van der Waals surface area contributed by atoms with Crippen LogP contribution in [0.25, 0.3) is 20.8 Å². The molecule has 33 heavy (non-hydrogen) atoms. The Kier molecular flexibility index (Phi) is 5.68. The molecule has 2 aromatic heterocycles. The normalized spacial score (nSPS) is 26.2. The third-order valence-corrected chi connectivity index (χ3v) is 8.21. The highest BCUT2D eigenvalue weighted by atomic mass is 32.1. The monoisotopic (exact) mass is 467 g/mol. The second kappa shape index (κ2) is 8.81. The van der Waals surface area contributed by atoms with Gasteiger partial charge in [-0.25, -0.2) is 14.4 Å². The molecule has 3 aliphatic rings. The molecule has 6 nitrogen and oxygen atoms in total. The lowest BCUT2D eigenvalue weighted by Gasteiger charge is -2.42. The van der Waals surface area contributed by atoms with Crippen molar-refractivity contribution in [2.24, 2.45) is 0 Å². The van der Waals surface area contributed by atoms with E-state index in [4.69, 9.17) is 9.72 Å². The molecule has 3 aliphatic heterocycles. The second-order valence-corrected chi connectivity index (χ2v) is 10.6. The zero-order valence-corrected chi connectivity index (χ0v) is 19.7. The van der Waals surface area contributed by atoms with E-state index >= 15 is 0 Å². The van der Waals surface area contributed by atoms with E-state index in [9.17, 15) is 4.39 Å². The molecule has 5 heterocycles. The molecule has 3 saturated heterocycles. The Morgan fingerprint density at radius 1 is 1.12 bits per heavy atom. The number of pyridine rings is 1. The first-order valence-corrected chi connectivity index (χ1v) is 12.8. The summed E-state index contributed by atoms with van der Waals surface area (Å²) in [6, 6.07) is 12.3. The molecule has 0 radical (unpaired) electrons. The van der Waals surface area contributed by atoms with Crippen molar-refractivity contribution in [3.63, 3.8) is 0 Å². The number of ether oxygens (including phenoxy) is 1.